The lowest BCUT2D eigenvalue weighted by atomic mass is 10.0. The van der Waals surface area contributed by atoms with Crippen LogP contribution in [0.25, 0.3) is 0 Å². The van der Waals surface area contributed by atoms with Gasteiger partial charge in [-0.05, 0) is 36.7 Å². The van der Waals surface area contributed by atoms with Crippen LogP contribution in [0.4, 0.5) is 0 Å². The van der Waals surface area contributed by atoms with Crippen molar-refractivity contribution in [3.63, 3.8) is 0 Å². The summed E-state index contributed by atoms with van der Waals surface area (Å²) in [5.74, 6) is 1.68. The number of aromatic amines is 1. The van der Waals surface area contributed by atoms with Gasteiger partial charge in [0, 0.05) is 38.6 Å². The minimum atomic E-state index is -0.0535. The molecule has 1 aromatic heterocycles. The van der Waals surface area contributed by atoms with Crippen LogP contribution in [-0.2, 0) is 4.79 Å². The fraction of sp³-hybridized carbons (Fsp3) is 0.583. The molecule has 8 nitrogen and oxygen atoms in total. The van der Waals surface area contributed by atoms with E-state index in [2.05, 4.69) is 37.5 Å². The van der Waals surface area contributed by atoms with Crippen molar-refractivity contribution in [2.75, 3.05) is 32.7 Å². The number of nitrogens with zero attached hydrogens (tertiary/aromatic N) is 4. The van der Waals surface area contributed by atoms with Crippen LogP contribution in [0.5, 0.6) is 0 Å². The number of nitrogens with one attached hydrogen (secondary N) is 2. The quantitative estimate of drug-likeness (QED) is 0.694. The molecule has 2 amide bonds. The number of hydrogen-bond donors (Lipinski definition) is 2. The summed E-state index contributed by atoms with van der Waals surface area (Å²) in [5.41, 5.74) is 1.18. The van der Waals surface area contributed by atoms with Gasteiger partial charge in [-0.3, -0.25) is 14.7 Å². The fourth-order valence-corrected chi connectivity index (χ4v) is 5.69. The zero-order chi connectivity index (χ0) is 21.9. The monoisotopic (exact) mass is 436 g/mol. The lowest BCUT2D eigenvalue weighted by molar-refractivity contribution is -0.125. The van der Waals surface area contributed by atoms with E-state index in [1.807, 2.05) is 23.1 Å². The Morgan fingerprint density at radius 3 is 2.44 bits per heavy atom. The van der Waals surface area contributed by atoms with Crippen molar-refractivity contribution in [1.82, 2.24) is 30.3 Å². The van der Waals surface area contributed by atoms with Crippen molar-refractivity contribution in [2.24, 2.45) is 17.8 Å². The van der Waals surface area contributed by atoms with Gasteiger partial charge in [0.25, 0.3) is 5.91 Å². The van der Waals surface area contributed by atoms with E-state index in [4.69, 9.17) is 0 Å². The summed E-state index contributed by atoms with van der Waals surface area (Å²) in [6, 6.07) is 10.4. The van der Waals surface area contributed by atoms with Crippen molar-refractivity contribution >= 4 is 11.8 Å². The number of fused-ring (bicyclic) bond motifs is 1. The summed E-state index contributed by atoms with van der Waals surface area (Å²) in [4.78, 5) is 33.8. The van der Waals surface area contributed by atoms with Gasteiger partial charge >= 0.3 is 0 Å². The summed E-state index contributed by atoms with van der Waals surface area (Å²) in [6.07, 6.45) is 6.66. The van der Waals surface area contributed by atoms with E-state index in [1.165, 1.54) is 24.7 Å². The molecular formula is C24H32N6O2. The first kappa shape index (κ1) is 21.1. The molecule has 3 fully saturated rings. The van der Waals surface area contributed by atoms with Gasteiger partial charge in [-0.2, -0.15) is 5.10 Å². The zero-order valence-corrected chi connectivity index (χ0v) is 18.4. The predicted octanol–water partition coefficient (Wildman–Crippen LogP) is 2.25. The highest BCUT2D eigenvalue weighted by atomic mass is 16.2. The number of likely N-dealkylation sites (tertiary alicyclic amines) is 2. The average molecular weight is 437 g/mol. The largest absolute Gasteiger partial charge is 0.349 e. The minimum absolute atomic E-state index is 0.0502. The van der Waals surface area contributed by atoms with E-state index in [9.17, 15) is 9.59 Å². The second kappa shape index (κ2) is 9.40. The van der Waals surface area contributed by atoms with Crippen LogP contribution in [0, 0.1) is 17.8 Å². The fourth-order valence-electron chi connectivity index (χ4n) is 5.69. The van der Waals surface area contributed by atoms with Crippen molar-refractivity contribution < 1.29 is 9.59 Å². The molecule has 32 heavy (non-hydrogen) atoms. The van der Waals surface area contributed by atoms with Gasteiger partial charge in [-0.15, -0.1) is 0 Å². The SMILES string of the molecule is O=C(N[C@@H](CCN1CC2CN(C(=O)c3ncn[nH]3)CC2C1)c1ccccc1)C1CCCC1. The Morgan fingerprint density at radius 1 is 1.06 bits per heavy atom. The first-order valence-corrected chi connectivity index (χ1v) is 11.9. The van der Waals surface area contributed by atoms with Crippen LogP contribution >= 0.6 is 0 Å². The van der Waals surface area contributed by atoms with Gasteiger partial charge in [0.05, 0.1) is 6.04 Å². The molecule has 2 aromatic rings. The number of benzene rings is 1. The van der Waals surface area contributed by atoms with E-state index in [0.29, 0.717) is 17.7 Å². The first-order chi connectivity index (χ1) is 15.7. The maximum Gasteiger partial charge on any atom is 0.291 e. The Balaban J connectivity index is 1.15. The summed E-state index contributed by atoms with van der Waals surface area (Å²) >= 11 is 0. The van der Waals surface area contributed by atoms with Crippen LogP contribution in [0.3, 0.4) is 0 Å². The number of carbonyl (C=O) groups is 2. The Kier molecular flexibility index (Phi) is 6.21. The number of H-pyrrole nitrogens is 1. The topological polar surface area (TPSA) is 94.2 Å². The summed E-state index contributed by atoms with van der Waals surface area (Å²) in [7, 11) is 0. The molecule has 1 aromatic carbocycles. The third-order valence-electron chi connectivity index (χ3n) is 7.45. The van der Waals surface area contributed by atoms with Crippen LogP contribution in [0.15, 0.2) is 36.7 Å². The van der Waals surface area contributed by atoms with Crippen molar-refractivity contribution in [3.05, 3.63) is 48.0 Å². The van der Waals surface area contributed by atoms with Crippen molar-refractivity contribution in [1.29, 1.82) is 0 Å². The van der Waals surface area contributed by atoms with E-state index in [1.54, 1.807) is 0 Å². The van der Waals surface area contributed by atoms with E-state index >= 15 is 0 Å². The molecule has 8 heteroatoms. The van der Waals surface area contributed by atoms with Gasteiger partial charge in [-0.25, -0.2) is 4.98 Å². The highest BCUT2D eigenvalue weighted by molar-refractivity contribution is 5.90. The smallest absolute Gasteiger partial charge is 0.291 e. The zero-order valence-electron chi connectivity index (χ0n) is 18.4. The van der Waals surface area contributed by atoms with E-state index < -0.39 is 0 Å². The molecule has 2 aliphatic heterocycles. The molecule has 2 unspecified atom stereocenters. The second-order valence-electron chi connectivity index (χ2n) is 9.57. The Labute approximate surface area is 188 Å². The molecule has 0 bridgehead atoms. The Bertz CT molecular complexity index is 898. The Morgan fingerprint density at radius 2 is 1.78 bits per heavy atom. The van der Waals surface area contributed by atoms with Crippen LogP contribution in [-0.4, -0.2) is 69.5 Å². The standard InChI is InChI=1S/C24H32N6O2/c31-23(18-8-4-5-9-18)27-21(17-6-2-1-3-7-17)10-11-29-12-19-14-30(15-20(19)13-29)24(32)22-25-16-26-28-22/h1-3,6-7,16,18-21H,4-5,8-15H2,(H,27,31)(H,25,26,28)/t19?,20?,21-/m0/s1. The summed E-state index contributed by atoms with van der Waals surface area (Å²) in [5, 5.41) is 9.82. The normalized spacial score (nSPS) is 24.6. The molecule has 2 saturated heterocycles. The maximum absolute atomic E-state index is 12.8. The third kappa shape index (κ3) is 4.55. The van der Waals surface area contributed by atoms with Crippen LogP contribution in [0.1, 0.15) is 54.3 Å². The lowest BCUT2D eigenvalue weighted by Crippen LogP contribution is -2.36. The molecule has 3 atom stereocenters. The molecule has 1 aliphatic carbocycles. The minimum Gasteiger partial charge on any atom is -0.349 e. The number of amides is 2. The molecule has 0 radical (unpaired) electrons. The van der Waals surface area contributed by atoms with E-state index in [-0.39, 0.29) is 23.8 Å². The first-order valence-electron chi connectivity index (χ1n) is 11.9. The average Bonchev–Trinajstić information content (AvgIpc) is 3.60. The molecule has 0 spiro atoms. The molecule has 3 aliphatic rings. The van der Waals surface area contributed by atoms with Gasteiger partial charge in [0.15, 0.2) is 0 Å². The van der Waals surface area contributed by atoms with Crippen LogP contribution < -0.4 is 5.32 Å². The number of carbonyl (C=O) groups excluding carboxylic acids is 2. The van der Waals surface area contributed by atoms with Gasteiger partial charge in [-0.1, -0.05) is 43.2 Å². The molecule has 5 rings (SSSR count). The second-order valence-corrected chi connectivity index (χ2v) is 9.57. The highest BCUT2D eigenvalue weighted by Crippen LogP contribution is 2.32. The third-order valence-corrected chi connectivity index (χ3v) is 7.45. The summed E-state index contributed by atoms with van der Waals surface area (Å²) < 4.78 is 0. The maximum atomic E-state index is 12.8. The molecule has 170 valence electrons. The van der Waals surface area contributed by atoms with Crippen molar-refractivity contribution in [3.8, 4) is 0 Å². The van der Waals surface area contributed by atoms with E-state index in [0.717, 1.165) is 52.0 Å². The predicted molar refractivity (Wildman–Crippen MR) is 120 cm³/mol. The van der Waals surface area contributed by atoms with Gasteiger partial charge in [0.2, 0.25) is 11.7 Å². The lowest BCUT2D eigenvalue weighted by Gasteiger charge is -2.25. The number of hydrogen-bond acceptors (Lipinski definition) is 5. The number of aromatic nitrogens is 3. The molecular weight excluding hydrogens is 404 g/mol. The van der Waals surface area contributed by atoms with Gasteiger partial charge < -0.3 is 15.1 Å². The van der Waals surface area contributed by atoms with Crippen molar-refractivity contribution in [2.45, 2.75) is 38.1 Å². The van der Waals surface area contributed by atoms with Crippen LogP contribution in [0.2, 0.25) is 0 Å². The molecule has 3 heterocycles. The van der Waals surface area contributed by atoms with Gasteiger partial charge in [0.1, 0.15) is 6.33 Å². The molecule has 1 saturated carbocycles. The summed E-state index contributed by atoms with van der Waals surface area (Å²) in [6.45, 7) is 4.52. The highest BCUT2D eigenvalue weighted by Gasteiger charge is 2.42. The molecule has 2 N–H and O–H groups in total. The Hall–Kier alpha value is -2.74. The number of rotatable bonds is 7.